The summed E-state index contributed by atoms with van der Waals surface area (Å²) >= 11 is 0. The molecule has 7 nitrogen and oxygen atoms in total. The highest BCUT2D eigenvalue weighted by Crippen LogP contribution is 2.13. The standard InChI is InChI=1S/C19H26N4O3.2ClH/c1-3-23(4-2)10-9-21-18(24)14-5-7-16(8-6-14)22-19(25)15-11-17(12-20)26-13-15;;/h5-8,11,13H,3-4,9-10,12,20H2,1-2H3,(H,21,24)(H,22,25);2*1H. The maximum absolute atomic E-state index is 12.2. The summed E-state index contributed by atoms with van der Waals surface area (Å²) < 4.78 is 5.15. The van der Waals surface area contributed by atoms with Gasteiger partial charge in [0.1, 0.15) is 12.0 Å². The lowest BCUT2D eigenvalue weighted by Gasteiger charge is -2.17. The number of halogens is 2. The van der Waals surface area contributed by atoms with Crippen molar-refractivity contribution in [3.8, 4) is 0 Å². The molecule has 0 bridgehead atoms. The van der Waals surface area contributed by atoms with Gasteiger partial charge in [0, 0.05) is 24.3 Å². The van der Waals surface area contributed by atoms with Gasteiger partial charge in [0.15, 0.2) is 0 Å². The third-order valence-electron chi connectivity index (χ3n) is 4.13. The smallest absolute Gasteiger partial charge is 0.258 e. The number of anilines is 1. The second-order valence-corrected chi connectivity index (χ2v) is 5.82. The molecule has 1 aromatic carbocycles. The summed E-state index contributed by atoms with van der Waals surface area (Å²) in [7, 11) is 0. The highest BCUT2D eigenvalue weighted by Gasteiger charge is 2.11. The maximum atomic E-state index is 12.2. The van der Waals surface area contributed by atoms with Crippen molar-refractivity contribution in [2.75, 3.05) is 31.5 Å². The highest BCUT2D eigenvalue weighted by atomic mass is 35.5. The van der Waals surface area contributed by atoms with Crippen LogP contribution in [0, 0.1) is 0 Å². The van der Waals surface area contributed by atoms with Crippen LogP contribution >= 0.6 is 24.8 Å². The van der Waals surface area contributed by atoms with Gasteiger partial charge in [-0.05, 0) is 43.4 Å². The van der Waals surface area contributed by atoms with Crippen molar-refractivity contribution in [1.82, 2.24) is 10.2 Å². The van der Waals surface area contributed by atoms with Gasteiger partial charge in [-0.1, -0.05) is 13.8 Å². The minimum atomic E-state index is -0.287. The van der Waals surface area contributed by atoms with Crippen molar-refractivity contribution in [3.63, 3.8) is 0 Å². The van der Waals surface area contributed by atoms with Crippen molar-refractivity contribution in [2.45, 2.75) is 20.4 Å². The number of rotatable bonds is 9. The van der Waals surface area contributed by atoms with Crippen LogP contribution in [-0.2, 0) is 6.54 Å². The third kappa shape index (κ3) is 7.52. The molecule has 9 heteroatoms. The number of carbonyl (C=O) groups excluding carboxylic acids is 2. The van der Waals surface area contributed by atoms with Crippen molar-refractivity contribution >= 4 is 42.3 Å². The number of furan rings is 1. The van der Waals surface area contributed by atoms with Gasteiger partial charge in [-0.15, -0.1) is 24.8 Å². The van der Waals surface area contributed by atoms with Gasteiger partial charge in [-0.3, -0.25) is 9.59 Å². The largest absolute Gasteiger partial charge is 0.467 e. The summed E-state index contributed by atoms with van der Waals surface area (Å²) in [6, 6.07) is 8.36. The van der Waals surface area contributed by atoms with Crippen LogP contribution in [0.4, 0.5) is 5.69 Å². The van der Waals surface area contributed by atoms with Gasteiger partial charge in [0.25, 0.3) is 11.8 Å². The lowest BCUT2D eigenvalue weighted by Crippen LogP contribution is -2.34. The van der Waals surface area contributed by atoms with E-state index in [0.717, 1.165) is 19.6 Å². The molecule has 0 saturated heterocycles. The van der Waals surface area contributed by atoms with E-state index in [1.54, 1.807) is 30.3 Å². The van der Waals surface area contributed by atoms with Crippen LogP contribution in [0.5, 0.6) is 0 Å². The van der Waals surface area contributed by atoms with Crippen LogP contribution in [0.15, 0.2) is 41.0 Å². The molecule has 0 atom stereocenters. The Bertz CT molecular complexity index is 731. The van der Waals surface area contributed by atoms with Gasteiger partial charge in [0.05, 0.1) is 12.1 Å². The van der Waals surface area contributed by atoms with Gasteiger partial charge < -0.3 is 25.7 Å². The molecule has 0 unspecified atom stereocenters. The average molecular weight is 431 g/mol. The first kappa shape index (κ1) is 25.9. The Morgan fingerprint density at radius 3 is 2.21 bits per heavy atom. The molecule has 0 aliphatic carbocycles. The molecule has 0 spiro atoms. The molecule has 0 radical (unpaired) electrons. The van der Waals surface area contributed by atoms with E-state index in [9.17, 15) is 9.59 Å². The first-order valence-corrected chi connectivity index (χ1v) is 8.76. The first-order valence-electron chi connectivity index (χ1n) is 8.76. The Morgan fingerprint density at radius 1 is 1.04 bits per heavy atom. The van der Waals surface area contributed by atoms with E-state index in [-0.39, 0.29) is 43.2 Å². The van der Waals surface area contributed by atoms with E-state index in [1.807, 2.05) is 0 Å². The topological polar surface area (TPSA) is 101 Å². The SMILES string of the molecule is CCN(CC)CCNC(=O)c1ccc(NC(=O)c2coc(CN)c2)cc1.Cl.Cl. The monoisotopic (exact) mass is 430 g/mol. The average Bonchev–Trinajstić information content (AvgIpc) is 3.15. The number of hydrogen-bond donors (Lipinski definition) is 3. The zero-order chi connectivity index (χ0) is 18.9. The molecular formula is C19H28Cl2N4O3. The summed E-state index contributed by atoms with van der Waals surface area (Å²) in [6.45, 7) is 7.78. The molecule has 1 heterocycles. The summed E-state index contributed by atoms with van der Waals surface area (Å²) in [4.78, 5) is 26.5. The van der Waals surface area contributed by atoms with Crippen LogP contribution < -0.4 is 16.4 Å². The molecule has 0 fully saturated rings. The van der Waals surface area contributed by atoms with Crippen LogP contribution in [0.25, 0.3) is 0 Å². The van der Waals surface area contributed by atoms with E-state index in [4.69, 9.17) is 10.2 Å². The summed E-state index contributed by atoms with van der Waals surface area (Å²) in [6.07, 6.45) is 1.37. The van der Waals surface area contributed by atoms with Crippen LogP contribution in [0.3, 0.4) is 0 Å². The van der Waals surface area contributed by atoms with Crippen LogP contribution in [0.1, 0.15) is 40.3 Å². The Labute approximate surface area is 177 Å². The van der Waals surface area contributed by atoms with E-state index in [1.165, 1.54) is 6.26 Å². The van der Waals surface area contributed by atoms with Crippen LogP contribution in [-0.4, -0.2) is 42.9 Å². The van der Waals surface area contributed by atoms with Gasteiger partial charge in [-0.2, -0.15) is 0 Å². The predicted octanol–water partition coefficient (Wildman–Crippen LogP) is 2.91. The Hall–Kier alpha value is -2.06. The van der Waals surface area contributed by atoms with Gasteiger partial charge in [0.2, 0.25) is 0 Å². The zero-order valence-corrected chi connectivity index (χ0v) is 17.7. The third-order valence-corrected chi connectivity index (χ3v) is 4.13. The van der Waals surface area contributed by atoms with Crippen molar-refractivity contribution < 1.29 is 14.0 Å². The fourth-order valence-electron chi connectivity index (χ4n) is 2.48. The van der Waals surface area contributed by atoms with Gasteiger partial charge in [-0.25, -0.2) is 0 Å². The normalized spacial score (nSPS) is 10.0. The molecule has 2 aromatic rings. The Morgan fingerprint density at radius 2 is 1.68 bits per heavy atom. The fraction of sp³-hybridized carbons (Fsp3) is 0.368. The highest BCUT2D eigenvalue weighted by molar-refractivity contribution is 6.04. The summed E-state index contributed by atoms with van der Waals surface area (Å²) in [5, 5.41) is 5.66. The van der Waals surface area contributed by atoms with Crippen molar-refractivity contribution in [3.05, 3.63) is 53.5 Å². The number of hydrogen-bond acceptors (Lipinski definition) is 5. The van der Waals surface area contributed by atoms with Crippen molar-refractivity contribution in [1.29, 1.82) is 0 Å². The Kier molecular flexibility index (Phi) is 12.2. The molecule has 0 saturated carbocycles. The molecule has 28 heavy (non-hydrogen) atoms. The molecule has 2 rings (SSSR count). The van der Waals surface area contributed by atoms with E-state index in [2.05, 4.69) is 29.4 Å². The Balaban J connectivity index is 0.00000364. The number of nitrogens with two attached hydrogens (primary N) is 1. The molecule has 2 amide bonds. The van der Waals surface area contributed by atoms with E-state index < -0.39 is 0 Å². The van der Waals surface area contributed by atoms with E-state index >= 15 is 0 Å². The van der Waals surface area contributed by atoms with Gasteiger partial charge >= 0.3 is 0 Å². The fourth-order valence-corrected chi connectivity index (χ4v) is 2.48. The lowest BCUT2D eigenvalue weighted by atomic mass is 10.2. The quantitative estimate of drug-likeness (QED) is 0.567. The second kappa shape index (κ2) is 13.2. The molecule has 0 aliphatic rings. The number of nitrogens with one attached hydrogen (secondary N) is 2. The minimum absolute atomic E-state index is 0. The number of likely N-dealkylation sites (N-methyl/N-ethyl adjacent to an activating group) is 1. The molecule has 4 N–H and O–H groups in total. The summed E-state index contributed by atoms with van der Waals surface area (Å²) in [5.41, 5.74) is 7.02. The second-order valence-electron chi connectivity index (χ2n) is 5.82. The minimum Gasteiger partial charge on any atom is -0.467 e. The number of benzene rings is 1. The first-order chi connectivity index (χ1) is 12.6. The molecule has 156 valence electrons. The number of carbonyl (C=O) groups is 2. The lowest BCUT2D eigenvalue weighted by molar-refractivity contribution is 0.0948. The summed E-state index contributed by atoms with van der Waals surface area (Å²) in [5.74, 6) is 0.134. The molecule has 1 aromatic heterocycles. The molecule has 0 aliphatic heterocycles. The number of amides is 2. The van der Waals surface area contributed by atoms with Crippen LogP contribution in [0.2, 0.25) is 0 Å². The van der Waals surface area contributed by atoms with E-state index in [0.29, 0.717) is 29.1 Å². The maximum Gasteiger partial charge on any atom is 0.258 e. The van der Waals surface area contributed by atoms with Crippen molar-refractivity contribution in [2.24, 2.45) is 5.73 Å². The predicted molar refractivity (Wildman–Crippen MR) is 116 cm³/mol. The zero-order valence-electron chi connectivity index (χ0n) is 16.1. The number of nitrogens with zero attached hydrogens (tertiary/aromatic N) is 1. The molecular weight excluding hydrogens is 403 g/mol.